The zero-order valence-corrected chi connectivity index (χ0v) is 15.1. The van der Waals surface area contributed by atoms with Crippen LogP contribution in [0.5, 0.6) is 11.5 Å². The van der Waals surface area contributed by atoms with E-state index >= 15 is 0 Å². The number of ether oxygens (including phenoxy) is 2. The number of hydrazone groups is 1. The molecule has 5 heteroatoms. The quantitative estimate of drug-likeness (QED) is 0.541. The molecule has 0 atom stereocenters. The van der Waals surface area contributed by atoms with Gasteiger partial charge in [-0.1, -0.05) is 18.2 Å². The lowest BCUT2D eigenvalue weighted by atomic mass is 10.2. The fourth-order valence-corrected chi connectivity index (χ4v) is 2.52. The van der Waals surface area contributed by atoms with E-state index in [9.17, 15) is 0 Å². The maximum absolute atomic E-state index is 5.83. The summed E-state index contributed by atoms with van der Waals surface area (Å²) in [6, 6.07) is 13.7. The number of hydrogen-bond donors (Lipinski definition) is 1. The van der Waals surface area contributed by atoms with Crippen LogP contribution in [0.1, 0.15) is 26.3 Å². The Morgan fingerprint density at radius 2 is 1.96 bits per heavy atom. The second-order valence-corrected chi connectivity index (χ2v) is 6.02. The van der Waals surface area contributed by atoms with E-state index in [-0.39, 0.29) is 6.10 Å². The third-order valence-corrected chi connectivity index (χ3v) is 3.46. The van der Waals surface area contributed by atoms with Gasteiger partial charge in [-0.05, 0) is 66.5 Å². The molecule has 0 saturated carbocycles. The maximum atomic E-state index is 5.83. The Morgan fingerprint density at radius 1 is 1.22 bits per heavy atom. The molecule has 122 valence electrons. The summed E-state index contributed by atoms with van der Waals surface area (Å²) in [5.41, 5.74) is 4.85. The Labute approximate surface area is 145 Å². The minimum absolute atomic E-state index is 0.0739. The van der Waals surface area contributed by atoms with Gasteiger partial charge in [-0.2, -0.15) is 5.10 Å². The van der Waals surface area contributed by atoms with Gasteiger partial charge in [0.25, 0.3) is 0 Å². The summed E-state index contributed by atoms with van der Waals surface area (Å²) < 4.78 is 12.4. The van der Waals surface area contributed by atoms with Gasteiger partial charge in [0.1, 0.15) is 0 Å². The highest BCUT2D eigenvalue weighted by molar-refractivity contribution is 9.10. The topological polar surface area (TPSA) is 42.8 Å². The first-order valence-corrected chi connectivity index (χ1v) is 8.36. The lowest BCUT2D eigenvalue weighted by Gasteiger charge is -2.16. The van der Waals surface area contributed by atoms with Crippen molar-refractivity contribution in [2.24, 2.45) is 5.10 Å². The van der Waals surface area contributed by atoms with Crippen molar-refractivity contribution >= 4 is 27.8 Å². The molecule has 2 aromatic carbocycles. The van der Waals surface area contributed by atoms with Crippen LogP contribution in [0.25, 0.3) is 0 Å². The van der Waals surface area contributed by atoms with Crippen LogP contribution < -0.4 is 14.9 Å². The van der Waals surface area contributed by atoms with Gasteiger partial charge in [0.05, 0.1) is 29.1 Å². The number of nitrogens with zero attached hydrogens (tertiary/aromatic N) is 1. The molecule has 0 fully saturated rings. The molecule has 0 amide bonds. The van der Waals surface area contributed by atoms with Crippen molar-refractivity contribution in [3.05, 3.63) is 52.5 Å². The van der Waals surface area contributed by atoms with E-state index < -0.39 is 0 Å². The van der Waals surface area contributed by atoms with Crippen LogP contribution in [0.15, 0.2) is 52.0 Å². The van der Waals surface area contributed by atoms with Crippen molar-refractivity contribution in [3.63, 3.8) is 0 Å². The Balaban J connectivity index is 2.19. The Kier molecular flexibility index (Phi) is 6.47. The zero-order valence-electron chi connectivity index (χ0n) is 13.5. The highest BCUT2D eigenvalue weighted by atomic mass is 79.9. The lowest BCUT2D eigenvalue weighted by molar-refractivity contribution is 0.222. The smallest absolute Gasteiger partial charge is 0.175 e. The molecule has 0 unspecified atom stereocenters. The monoisotopic (exact) mass is 376 g/mol. The van der Waals surface area contributed by atoms with Crippen LogP contribution in [0.2, 0.25) is 0 Å². The summed E-state index contributed by atoms with van der Waals surface area (Å²) in [5, 5.41) is 4.25. The average Bonchev–Trinajstić information content (AvgIpc) is 2.52. The van der Waals surface area contributed by atoms with Gasteiger partial charge in [0.2, 0.25) is 0 Å². The molecule has 0 radical (unpaired) electrons. The molecular weight excluding hydrogens is 356 g/mol. The van der Waals surface area contributed by atoms with Crippen molar-refractivity contribution in [1.82, 2.24) is 0 Å². The first-order chi connectivity index (χ1) is 11.1. The number of para-hydroxylation sites is 1. The van der Waals surface area contributed by atoms with Gasteiger partial charge in [-0.3, -0.25) is 5.43 Å². The van der Waals surface area contributed by atoms with Crippen LogP contribution in [-0.2, 0) is 0 Å². The van der Waals surface area contributed by atoms with Crippen LogP contribution in [0.4, 0.5) is 5.69 Å². The Bertz CT molecular complexity index is 658. The number of halogens is 1. The minimum atomic E-state index is 0.0739. The van der Waals surface area contributed by atoms with Crippen molar-refractivity contribution < 1.29 is 9.47 Å². The standard InChI is InChI=1S/C18H21BrN2O2/c1-4-22-17-11-14(10-16(19)18(17)23-13(2)3)12-20-21-15-8-6-5-7-9-15/h5-13,21H,4H2,1-3H3. The van der Waals surface area contributed by atoms with Gasteiger partial charge in [0.15, 0.2) is 11.5 Å². The molecule has 0 aliphatic carbocycles. The van der Waals surface area contributed by atoms with E-state index in [0.717, 1.165) is 21.5 Å². The van der Waals surface area contributed by atoms with Crippen LogP contribution >= 0.6 is 15.9 Å². The highest BCUT2D eigenvalue weighted by Gasteiger charge is 2.13. The molecule has 0 aromatic heterocycles. The first-order valence-electron chi connectivity index (χ1n) is 7.57. The molecule has 23 heavy (non-hydrogen) atoms. The fraction of sp³-hybridized carbons (Fsp3) is 0.278. The molecular formula is C18H21BrN2O2. The van der Waals surface area contributed by atoms with Crippen molar-refractivity contribution in [3.8, 4) is 11.5 Å². The second-order valence-electron chi connectivity index (χ2n) is 5.17. The largest absolute Gasteiger partial charge is 0.490 e. The van der Waals surface area contributed by atoms with Crippen LogP contribution in [-0.4, -0.2) is 18.9 Å². The summed E-state index contributed by atoms with van der Waals surface area (Å²) >= 11 is 3.55. The van der Waals surface area contributed by atoms with E-state index in [4.69, 9.17) is 9.47 Å². The molecule has 0 aliphatic rings. The predicted octanol–water partition coefficient (Wildman–Crippen LogP) is 5.08. The molecule has 0 heterocycles. The number of benzene rings is 2. The van der Waals surface area contributed by atoms with Crippen molar-refractivity contribution in [2.45, 2.75) is 26.9 Å². The van der Waals surface area contributed by atoms with Gasteiger partial charge in [-0.15, -0.1) is 0 Å². The van der Waals surface area contributed by atoms with Crippen molar-refractivity contribution in [1.29, 1.82) is 0 Å². The lowest BCUT2D eigenvalue weighted by Crippen LogP contribution is -2.08. The van der Waals surface area contributed by atoms with Gasteiger partial charge < -0.3 is 9.47 Å². The van der Waals surface area contributed by atoms with E-state index in [0.29, 0.717) is 12.4 Å². The van der Waals surface area contributed by atoms with E-state index in [2.05, 4.69) is 26.5 Å². The first kappa shape index (κ1) is 17.3. The number of nitrogens with one attached hydrogen (secondary N) is 1. The van der Waals surface area contributed by atoms with E-state index in [1.807, 2.05) is 63.2 Å². The highest BCUT2D eigenvalue weighted by Crippen LogP contribution is 2.37. The molecule has 0 saturated heterocycles. The van der Waals surface area contributed by atoms with Gasteiger partial charge >= 0.3 is 0 Å². The zero-order chi connectivity index (χ0) is 16.7. The predicted molar refractivity (Wildman–Crippen MR) is 98.7 cm³/mol. The number of hydrogen-bond acceptors (Lipinski definition) is 4. The summed E-state index contributed by atoms with van der Waals surface area (Å²) in [6.07, 6.45) is 1.82. The minimum Gasteiger partial charge on any atom is -0.490 e. The average molecular weight is 377 g/mol. The Hall–Kier alpha value is -2.01. The SMILES string of the molecule is CCOc1cc(C=NNc2ccccc2)cc(Br)c1OC(C)C. The molecule has 2 rings (SSSR count). The maximum Gasteiger partial charge on any atom is 0.175 e. The third kappa shape index (κ3) is 5.28. The third-order valence-electron chi connectivity index (χ3n) is 2.87. The van der Waals surface area contributed by atoms with Gasteiger partial charge in [-0.25, -0.2) is 0 Å². The summed E-state index contributed by atoms with van der Waals surface area (Å²) in [6.45, 7) is 6.50. The normalized spacial score (nSPS) is 11.0. The number of rotatable bonds is 7. The number of anilines is 1. The summed E-state index contributed by atoms with van der Waals surface area (Å²) in [7, 11) is 0. The van der Waals surface area contributed by atoms with Crippen molar-refractivity contribution in [2.75, 3.05) is 12.0 Å². The molecule has 1 N–H and O–H groups in total. The molecule has 0 aliphatic heterocycles. The van der Waals surface area contributed by atoms with Crippen LogP contribution in [0, 0.1) is 0 Å². The van der Waals surface area contributed by atoms with E-state index in [1.165, 1.54) is 0 Å². The van der Waals surface area contributed by atoms with Gasteiger partial charge in [0, 0.05) is 0 Å². The summed E-state index contributed by atoms with van der Waals surface area (Å²) in [4.78, 5) is 0. The summed E-state index contributed by atoms with van der Waals surface area (Å²) in [5.74, 6) is 1.42. The molecule has 0 spiro atoms. The van der Waals surface area contributed by atoms with E-state index in [1.54, 1.807) is 6.21 Å². The fourth-order valence-electron chi connectivity index (χ4n) is 1.97. The molecule has 4 nitrogen and oxygen atoms in total. The molecule has 2 aromatic rings. The molecule has 0 bridgehead atoms. The van der Waals surface area contributed by atoms with Crippen LogP contribution in [0.3, 0.4) is 0 Å². The Morgan fingerprint density at radius 3 is 2.61 bits per heavy atom. The second kappa shape index (κ2) is 8.58.